The Morgan fingerprint density at radius 2 is 1.47 bits per heavy atom. The molecule has 1 heterocycles. The van der Waals surface area contributed by atoms with Gasteiger partial charge in [0.1, 0.15) is 11.6 Å². The summed E-state index contributed by atoms with van der Waals surface area (Å²) in [4.78, 5) is 42.3. The third-order valence-corrected chi connectivity index (χ3v) is 6.66. The summed E-state index contributed by atoms with van der Waals surface area (Å²) >= 11 is 0. The second-order valence-electron chi connectivity index (χ2n) is 9.25. The Kier molecular flexibility index (Phi) is 8.42. The van der Waals surface area contributed by atoms with E-state index in [9.17, 15) is 28.5 Å². The van der Waals surface area contributed by atoms with E-state index >= 15 is 0 Å². The SMILES string of the molecule is Cc1ccc(C(=O)N2CCN(CCN(Cc3ccc(F)cc3)C(=O)c3ccc(F)cc3)CC2)cc1[N+](=O)[O-]. The van der Waals surface area contributed by atoms with Gasteiger partial charge in [-0.15, -0.1) is 0 Å². The van der Waals surface area contributed by atoms with Gasteiger partial charge in [-0.25, -0.2) is 8.78 Å². The second-order valence-corrected chi connectivity index (χ2v) is 9.25. The van der Waals surface area contributed by atoms with Gasteiger partial charge in [-0.05, 0) is 55.0 Å². The zero-order valence-electron chi connectivity index (χ0n) is 21.0. The number of aryl methyl sites for hydroxylation is 1. The van der Waals surface area contributed by atoms with Crippen LogP contribution in [0.15, 0.2) is 66.7 Å². The Hall–Kier alpha value is -4.18. The maximum absolute atomic E-state index is 13.4. The van der Waals surface area contributed by atoms with E-state index in [0.717, 1.165) is 5.56 Å². The van der Waals surface area contributed by atoms with Crippen molar-refractivity contribution in [2.24, 2.45) is 0 Å². The summed E-state index contributed by atoms with van der Waals surface area (Å²) in [6.45, 7) is 4.88. The Bertz CT molecular complexity index is 1310. The lowest BCUT2D eigenvalue weighted by Crippen LogP contribution is -2.50. The molecule has 8 nitrogen and oxygen atoms in total. The number of hydrogen-bond acceptors (Lipinski definition) is 5. The third kappa shape index (κ3) is 6.57. The largest absolute Gasteiger partial charge is 0.336 e. The maximum atomic E-state index is 13.4. The van der Waals surface area contributed by atoms with Crippen molar-refractivity contribution in [1.29, 1.82) is 0 Å². The first-order chi connectivity index (χ1) is 18.2. The van der Waals surface area contributed by atoms with Crippen LogP contribution < -0.4 is 0 Å². The minimum absolute atomic E-state index is 0.0819. The maximum Gasteiger partial charge on any atom is 0.273 e. The second kappa shape index (κ2) is 11.9. The van der Waals surface area contributed by atoms with Gasteiger partial charge in [0.05, 0.1) is 4.92 Å². The Morgan fingerprint density at radius 3 is 2.08 bits per heavy atom. The van der Waals surface area contributed by atoms with Crippen molar-refractivity contribution in [1.82, 2.24) is 14.7 Å². The lowest BCUT2D eigenvalue weighted by molar-refractivity contribution is -0.385. The highest BCUT2D eigenvalue weighted by atomic mass is 19.1. The molecule has 3 aromatic rings. The summed E-state index contributed by atoms with van der Waals surface area (Å²) in [6.07, 6.45) is 0. The molecule has 0 bridgehead atoms. The lowest BCUT2D eigenvalue weighted by Gasteiger charge is -2.36. The van der Waals surface area contributed by atoms with Gasteiger partial charge in [0.25, 0.3) is 17.5 Å². The van der Waals surface area contributed by atoms with Gasteiger partial charge >= 0.3 is 0 Å². The number of nitro benzene ring substituents is 1. The highest BCUT2D eigenvalue weighted by Gasteiger charge is 2.25. The van der Waals surface area contributed by atoms with Crippen LogP contribution in [0.3, 0.4) is 0 Å². The van der Waals surface area contributed by atoms with Crippen molar-refractivity contribution < 1.29 is 23.3 Å². The van der Waals surface area contributed by atoms with Crippen LogP contribution in [0.5, 0.6) is 0 Å². The van der Waals surface area contributed by atoms with E-state index in [0.29, 0.717) is 50.4 Å². The number of amides is 2. The Balaban J connectivity index is 1.38. The fourth-order valence-electron chi connectivity index (χ4n) is 4.40. The highest BCUT2D eigenvalue weighted by Crippen LogP contribution is 2.21. The number of carbonyl (C=O) groups is 2. The first kappa shape index (κ1) is 26.9. The van der Waals surface area contributed by atoms with Crippen molar-refractivity contribution in [3.8, 4) is 0 Å². The number of benzene rings is 3. The van der Waals surface area contributed by atoms with Gasteiger partial charge in [0.15, 0.2) is 0 Å². The summed E-state index contributed by atoms with van der Waals surface area (Å²) in [5, 5.41) is 11.2. The van der Waals surface area contributed by atoms with Crippen molar-refractivity contribution in [3.05, 3.63) is 111 Å². The van der Waals surface area contributed by atoms with Crippen molar-refractivity contribution in [3.63, 3.8) is 0 Å². The molecule has 2 amide bonds. The molecule has 0 unspecified atom stereocenters. The molecule has 0 atom stereocenters. The van der Waals surface area contributed by atoms with Crippen LogP contribution in [0.25, 0.3) is 0 Å². The van der Waals surface area contributed by atoms with Gasteiger partial charge in [-0.2, -0.15) is 0 Å². The number of nitrogens with zero attached hydrogens (tertiary/aromatic N) is 4. The molecule has 3 aromatic carbocycles. The van der Waals surface area contributed by atoms with E-state index < -0.39 is 10.7 Å². The number of halogens is 2. The van der Waals surface area contributed by atoms with Gasteiger partial charge < -0.3 is 9.80 Å². The molecule has 0 spiro atoms. The predicted molar refractivity (Wildman–Crippen MR) is 138 cm³/mol. The monoisotopic (exact) mass is 522 g/mol. The third-order valence-electron chi connectivity index (χ3n) is 6.66. The molecule has 38 heavy (non-hydrogen) atoms. The van der Waals surface area contributed by atoms with E-state index in [1.54, 1.807) is 41.0 Å². The highest BCUT2D eigenvalue weighted by molar-refractivity contribution is 5.95. The zero-order valence-corrected chi connectivity index (χ0v) is 21.0. The summed E-state index contributed by atoms with van der Waals surface area (Å²) in [5.41, 5.74) is 1.82. The van der Waals surface area contributed by atoms with E-state index in [1.165, 1.54) is 42.5 Å². The number of rotatable bonds is 8. The molecule has 1 aliphatic heterocycles. The van der Waals surface area contributed by atoms with Gasteiger partial charge in [-0.1, -0.05) is 18.2 Å². The molecule has 0 N–H and O–H groups in total. The van der Waals surface area contributed by atoms with Crippen LogP contribution in [-0.2, 0) is 6.54 Å². The van der Waals surface area contributed by atoms with Crippen LogP contribution >= 0.6 is 0 Å². The molecule has 0 saturated carbocycles. The number of piperazine rings is 1. The average Bonchev–Trinajstić information content (AvgIpc) is 2.92. The van der Waals surface area contributed by atoms with Crippen molar-refractivity contribution >= 4 is 17.5 Å². The lowest BCUT2D eigenvalue weighted by atomic mass is 10.1. The van der Waals surface area contributed by atoms with E-state index in [4.69, 9.17) is 0 Å². The van der Waals surface area contributed by atoms with E-state index in [-0.39, 0.29) is 35.4 Å². The minimum Gasteiger partial charge on any atom is -0.336 e. The topological polar surface area (TPSA) is 87.0 Å². The average molecular weight is 523 g/mol. The van der Waals surface area contributed by atoms with Crippen LogP contribution in [-0.4, -0.2) is 70.7 Å². The molecule has 4 rings (SSSR count). The van der Waals surface area contributed by atoms with Crippen LogP contribution in [0, 0.1) is 28.7 Å². The quantitative estimate of drug-likeness (QED) is 0.326. The molecule has 10 heteroatoms. The first-order valence-corrected chi connectivity index (χ1v) is 12.3. The Labute approximate surface area is 219 Å². The van der Waals surface area contributed by atoms with Crippen LogP contribution in [0.1, 0.15) is 31.8 Å². The van der Waals surface area contributed by atoms with Gasteiger partial charge in [0, 0.05) is 68.6 Å². The molecule has 1 saturated heterocycles. The number of nitro groups is 1. The van der Waals surface area contributed by atoms with E-state index in [2.05, 4.69) is 4.90 Å². The summed E-state index contributed by atoms with van der Waals surface area (Å²) in [6, 6.07) is 15.8. The van der Waals surface area contributed by atoms with Gasteiger partial charge in [-0.3, -0.25) is 24.6 Å². The van der Waals surface area contributed by atoms with Crippen molar-refractivity contribution in [2.75, 3.05) is 39.3 Å². The summed E-state index contributed by atoms with van der Waals surface area (Å²) in [7, 11) is 0. The number of hydrogen-bond donors (Lipinski definition) is 0. The molecule has 1 fully saturated rings. The predicted octanol–water partition coefficient (Wildman–Crippen LogP) is 4.28. The summed E-state index contributed by atoms with van der Waals surface area (Å²) in [5.74, 6) is -1.31. The molecule has 198 valence electrons. The van der Waals surface area contributed by atoms with Crippen LogP contribution in [0.2, 0.25) is 0 Å². The first-order valence-electron chi connectivity index (χ1n) is 12.3. The van der Waals surface area contributed by atoms with Crippen LogP contribution in [0.4, 0.5) is 14.5 Å². The summed E-state index contributed by atoms with van der Waals surface area (Å²) < 4.78 is 26.7. The molecule has 0 aromatic heterocycles. The van der Waals surface area contributed by atoms with Gasteiger partial charge in [0.2, 0.25) is 0 Å². The van der Waals surface area contributed by atoms with E-state index in [1.807, 2.05) is 0 Å². The van der Waals surface area contributed by atoms with Crippen molar-refractivity contribution in [2.45, 2.75) is 13.5 Å². The molecule has 1 aliphatic rings. The Morgan fingerprint density at radius 1 is 0.895 bits per heavy atom. The normalized spacial score (nSPS) is 13.8. The fourth-order valence-corrected chi connectivity index (χ4v) is 4.40. The smallest absolute Gasteiger partial charge is 0.273 e. The molecular weight excluding hydrogens is 494 g/mol. The molecular formula is C28H28F2N4O4. The standard InChI is InChI=1S/C28H28F2N4O4/c1-20-2-5-23(18-26(20)34(37)38)28(36)32-15-12-31(13-16-32)14-17-33(19-21-3-8-24(29)9-4-21)27(35)22-6-10-25(30)11-7-22/h2-11,18H,12-17,19H2,1H3. The molecule has 0 aliphatic carbocycles. The molecule has 0 radical (unpaired) electrons. The fraction of sp³-hybridized carbons (Fsp3) is 0.286. The minimum atomic E-state index is -0.491. The zero-order chi connectivity index (χ0) is 27.2. The number of carbonyl (C=O) groups excluding carboxylic acids is 2.